The van der Waals surface area contributed by atoms with Crippen molar-refractivity contribution in [3.05, 3.63) is 41.2 Å². The van der Waals surface area contributed by atoms with E-state index in [0.29, 0.717) is 6.54 Å². The Hall–Kier alpha value is -1.75. The molecule has 5 heteroatoms. The van der Waals surface area contributed by atoms with Crippen LogP contribution in [0.2, 0.25) is 0 Å². The largest absolute Gasteiger partial charge is 0.317 e. The highest BCUT2D eigenvalue weighted by atomic mass is 15.3. The summed E-state index contributed by atoms with van der Waals surface area (Å²) in [6.45, 7) is 5.55. The highest BCUT2D eigenvalue weighted by Gasteiger charge is 2.04. The fourth-order valence-corrected chi connectivity index (χ4v) is 1.60. The van der Waals surface area contributed by atoms with Crippen LogP contribution in [0.15, 0.2) is 18.5 Å². The molecule has 17 heavy (non-hydrogen) atoms. The lowest BCUT2D eigenvalue weighted by molar-refractivity contribution is 0.631. The average molecular weight is 231 g/mol. The zero-order valence-electron chi connectivity index (χ0n) is 10.4. The highest BCUT2D eigenvalue weighted by Crippen LogP contribution is 2.04. The molecule has 0 atom stereocenters. The van der Waals surface area contributed by atoms with E-state index in [1.165, 1.54) is 11.1 Å². The lowest BCUT2D eigenvalue weighted by Gasteiger charge is -2.06. The van der Waals surface area contributed by atoms with Gasteiger partial charge in [-0.3, -0.25) is 4.98 Å². The van der Waals surface area contributed by atoms with Crippen LogP contribution in [0.3, 0.4) is 0 Å². The molecule has 1 N–H and O–H groups in total. The first-order valence-corrected chi connectivity index (χ1v) is 5.63. The third-order valence-corrected chi connectivity index (χ3v) is 2.93. The quantitative estimate of drug-likeness (QED) is 0.856. The monoisotopic (exact) mass is 231 g/mol. The number of hydrogen-bond donors (Lipinski definition) is 1. The Bertz CT molecular complexity index is 503. The second-order valence-corrected chi connectivity index (χ2v) is 4.13. The third kappa shape index (κ3) is 2.68. The van der Waals surface area contributed by atoms with E-state index in [1.807, 2.05) is 37.0 Å². The Morgan fingerprint density at radius 2 is 2.06 bits per heavy atom. The second-order valence-electron chi connectivity index (χ2n) is 4.13. The first-order chi connectivity index (χ1) is 8.18. The van der Waals surface area contributed by atoms with Gasteiger partial charge in [0.1, 0.15) is 11.6 Å². The molecule has 5 nitrogen and oxygen atoms in total. The molecule has 0 unspecified atom stereocenters. The first-order valence-electron chi connectivity index (χ1n) is 5.63. The van der Waals surface area contributed by atoms with Crippen molar-refractivity contribution in [2.45, 2.75) is 26.9 Å². The molecule has 2 rings (SSSR count). The van der Waals surface area contributed by atoms with Gasteiger partial charge in [0.05, 0.1) is 6.54 Å². The summed E-state index contributed by atoms with van der Waals surface area (Å²) in [4.78, 5) is 4.12. The molecule has 0 aromatic carbocycles. The predicted molar refractivity (Wildman–Crippen MR) is 65.3 cm³/mol. The van der Waals surface area contributed by atoms with Gasteiger partial charge in [-0.2, -0.15) is 0 Å². The lowest BCUT2D eigenvalue weighted by atomic mass is 10.1. The van der Waals surface area contributed by atoms with Crippen LogP contribution in [0, 0.1) is 13.8 Å². The molecular formula is C12H17N5. The van der Waals surface area contributed by atoms with Crippen LogP contribution >= 0.6 is 0 Å². The molecule has 0 aliphatic heterocycles. The van der Waals surface area contributed by atoms with Crippen molar-refractivity contribution in [3.8, 4) is 0 Å². The van der Waals surface area contributed by atoms with Gasteiger partial charge in [-0.1, -0.05) is 0 Å². The predicted octanol–water partition coefficient (Wildman–Crippen LogP) is 1.12. The summed E-state index contributed by atoms with van der Waals surface area (Å²) in [6.07, 6.45) is 3.70. The Morgan fingerprint density at radius 1 is 1.24 bits per heavy atom. The van der Waals surface area contributed by atoms with Gasteiger partial charge < -0.3 is 9.88 Å². The molecule has 0 aliphatic rings. The molecule has 0 radical (unpaired) electrons. The van der Waals surface area contributed by atoms with Gasteiger partial charge in [0, 0.05) is 26.0 Å². The number of rotatable bonds is 4. The van der Waals surface area contributed by atoms with E-state index >= 15 is 0 Å². The van der Waals surface area contributed by atoms with Gasteiger partial charge >= 0.3 is 0 Å². The Balaban J connectivity index is 1.92. The van der Waals surface area contributed by atoms with Crippen molar-refractivity contribution in [1.82, 2.24) is 25.1 Å². The van der Waals surface area contributed by atoms with Crippen LogP contribution in [0.25, 0.3) is 0 Å². The van der Waals surface area contributed by atoms with E-state index < -0.39 is 0 Å². The number of nitrogens with one attached hydrogen (secondary N) is 1. The Morgan fingerprint density at radius 3 is 2.71 bits per heavy atom. The molecule has 90 valence electrons. The fourth-order valence-electron chi connectivity index (χ4n) is 1.60. The minimum atomic E-state index is 0.714. The molecule has 2 aromatic rings. The van der Waals surface area contributed by atoms with Crippen LogP contribution in [-0.4, -0.2) is 19.7 Å². The summed E-state index contributed by atoms with van der Waals surface area (Å²) < 4.78 is 1.99. The van der Waals surface area contributed by atoms with Gasteiger partial charge in [0.25, 0.3) is 0 Å². The summed E-state index contributed by atoms with van der Waals surface area (Å²) in [6, 6.07) is 2.02. The van der Waals surface area contributed by atoms with E-state index in [1.54, 1.807) is 0 Å². The van der Waals surface area contributed by atoms with Crippen LogP contribution in [-0.2, 0) is 20.1 Å². The number of aromatic nitrogens is 4. The van der Waals surface area contributed by atoms with Gasteiger partial charge in [-0.05, 0) is 31.0 Å². The van der Waals surface area contributed by atoms with Crippen molar-refractivity contribution >= 4 is 0 Å². The third-order valence-electron chi connectivity index (χ3n) is 2.93. The zero-order chi connectivity index (χ0) is 12.3. The van der Waals surface area contributed by atoms with Crippen molar-refractivity contribution in [2.24, 2.45) is 7.05 Å². The maximum Gasteiger partial charge on any atom is 0.146 e. The minimum Gasteiger partial charge on any atom is -0.317 e. The van der Waals surface area contributed by atoms with Gasteiger partial charge in [-0.25, -0.2) is 0 Å². The molecule has 2 aromatic heterocycles. The Labute approximate surface area is 101 Å². The zero-order valence-corrected chi connectivity index (χ0v) is 10.4. The van der Waals surface area contributed by atoms with Crippen LogP contribution in [0.4, 0.5) is 0 Å². The van der Waals surface area contributed by atoms with Gasteiger partial charge in [0.2, 0.25) is 0 Å². The fraction of sp³-hybridized carbons (Fsp3) is 0.417. The van der Waals surface area contributed by atoms with E-state index in [-0.39, 0.29) is 0 Å². The maximum absolute atomic E-state index is 4.12. The molecule has 0 aliphatic carbocycles. The van der Waals surface area contributed by atoms with Crippen molar-refractivity contribution < 1.29 is 0 Å². The van der Waals surface area contributed by atoms with Gasteiger partial charge in [-0.15, -0.1) is 10.2 Å². The highest BCUT2D eigenvalue weighted by molar-refractivity contribution is 5.21. The summed E-state index contributed by atoms with van der Waals surface area (Å²) in [5.41, 5.74) is 2.47. The van der Waals surface area contributed by atoms with E-state index in [9.17, 15) is 0 Å². The maximum atomic E-state index is 4.12. The van der Waals surface area contributed by atoms with Gasteiger partial charge in [0.15, 0.2) is 0 Å². The number of nitrogens with zero attached hydrogens (tertiary/aromatic N) is 4. The Kier molecular flexibility index (Phi) is 3.49. The smallest absolute Gasteiger partial charge is 0.146 e. The van der Waals surface area contributed by atoms with Crippen molar-refractivity contribution in [1.29, 1.82) is 0 Å². The van der Waals surface area contributed by atoms with Crippen molar-refractivity contribution in [2.75, 3.05) is 0 Å². The molecule has 0 saturated carbocycles. The molecule has 0 spiro atoms. The van der Waals surface area contributed by atoms with Crippen LogP contribution in [0.1, 0.15) is 22.8 Å². The second kappa shape index (κ2) is 5.05. The summed E-state index contributed by atoms with van der Waals surface area (Å²) in [5, 5.41) is 11.5. The summed E-state index contributed by atoms with van der Waals surface area (Å²) >= 11 is 0. The molecule has 0 amide bonds. The first kappa shape index (κ1) is 11.7. The summed E-state index contributed by atoms with van der Waals surface area (Å²) in [5.74, 6) is 1.88. The topological polar surface area (TPSA) is 55.6 Å². The van der Waals surface area contributed by atoms with E-state index in [0.717, 1.165) is 18.2 Å². The average Bonchev–Trinajstić information content (AvgIpc) is 2.63. The molecular weight excluding hydrogens is 214 g/mol. The normalized spacial score (nSPS) is 10.8. The summed E-state index contributed by atoms with van der Waals surface area (Å²) in [7, 11) is 1.97. The van der Waals surface area contributed by atoms with Crippen molar-refractivity contribution in [3.63, 3.8) is 0 Å². The van der Waals surface area contributed by atoms with Crippen LogP contribution in [0.5, 0.6) is 0 Å². The number of hydrogen-bond acceptors (Lipinski definition) is 4. The molecule has 0 bridgehead atoms. The molecule has 0 fully saturated rings. The molecule has 2 heterocycles. The standard InChI is InChI=1S/C12H17N5/c1-9-4-5-13-6-11(9)7-14-8-12-16-15-10(2)17(12)3/h4-6,14H,7-8H2,1-3H3. The van der Waals surface area contributed by atoms with Crippen LogP contribution < -0.4 is 5.32 Å². The minimum absolute atomic E-state index is 0.714. The lowest BCUT2D eigenvalue weighted by Crippen LogP contribution is -2.16. The molecule has 0 saturated heterocycles. The number of aryl methyl sites for hydroxylation is 2. The number of pyridine rings is 1. The SMILES string of the molecule is Cc1ccncc1CNCc1nnc(C)n1C. The van der Waals surface area contributed by atoms with E-state index in [4.69, 9.17) is 0 Å². The van der Waals surface area contributed by atoms with E-state index in [2.05, 4.69) is 27.4 Å².